The maximum Gasteiger partial charge on any atom is 0.387 e. The van der Waals surface area contributed by atoms with Gasteiger partial charge in [-0.3, -0.25) is 4.90 Å². The molecule has 18 heavy (non-hydrogen) atoms. The Hall–Kier alpha value is -1.20. The molecule has 3 nitrogen and oxygen atoms in total. The Kier molecular flexibility index (Phi) is 6.01. The number of para-hydroxylation sites is 1. The van der Waals surface area contributed by atoms with Crippen molar-refractivity contribution in [2.45, 2.75) is 33.0 Å². The Balaban J connectivity index is 2.81. The van der Waals surface area contributed by atoms with Crippen LogP contribution in [0.15, 0.2) is 24.3 Å². The second-order valence-electron chi connectivity index (χ2n) is 4.27. The predicted molar refractivity (Wildman–Crippen MR) is 65.7 cm³/mol. The van der Waals surface area contributed by atoms with E-state index in [-0.39, 0.29) is 18.4 Å². The quantitative estimate of drug-likeness (QED) is 0.816. The minimum atomic E-state index is -2.82. The lowest BCUT2D eigenvalue weighted by Crippen LogP contribution is -2.33. The fraction of sp³-hybridized carbons (Fsp3) is 0.538. The molecule has 0 aliphatic rings. The van der Waals surface area contributed by atoms with E-state index in [0.29, 0.717) is 18.7 Å². The van der Waals surface area contributed by atoms with Crippen molar-refractivity contribution < 1.29 is 18.6 Å². The average molecular weight is 259 g/mol. The van der Waals surface area contributed by atoms with Crippen molar-refractivity contribution in [3.8, 4) is 5.75 Å². The van der Waals surface area contributed by atoms with Crippen molar-refractivity contribution in [2.75, 3.05) is 13.2 Å². The van der Waals surface area contributed by atoms with Crippen LogP contribution in [-0.2, 0) is 6.54 Å². The van der Waals surface area contributed by atoms with Gasteiger partial charge in [0.2, 0.25) is 0 Å². The van der Waals surface area contributed by atoms with E-state index in [1.807, 2.05) is 18.7 Å². The number of aliphatic hydroxyl groups excluding tert-OH is 1. The molecule has 0 aliphatic heterocycles. The van der Waals surface area contributed by atoms with E-state index in [1.54, 1.807) is 18.2 Å². The lowest BCUT2D eigenvalue weighted by molar-refractivity contribution is -0.0508. The van der Waals surface area contributed by atoms with Gasteiger partial charge in [-0.25, -0.2) is 0 Å². The second-order valence-corrected chi connectivity index (χ2v) is 4.27. The molecular formula is C13H19F2NO2. The van der Waals surface area contributed by atoms with Crippen LogP contribution < -0.4 is 4.74 Å². The first kappa shape index (κ1) is 14.9. The number of alkyl halides is 2. The van der Waals surface area contributed by atoms with Crippen LogP contribution in [0, 0.1) is 0 Å². The number of nitrogens with zero attached hydrogens (tertiary/aromatic N) is 1. The zero-order valence-corrected chi connectivity index (χ0v) is 10.6. The van der Waals surface area contributed by atoms with Gasteiger partial charge >= 0.3 is 6.61 Å². The van der Waals surface area contributed by atoms with Crippen molar-refractivity contribution in [1.29, 1.82) is 0 Å². The van der Waals surface area contributed by atoms with Gasteiger partial charge in [0, 0.05) is 24.7 Å². The van der Waals surface area contributed by atoms with Gasteiger partial charge in [-0.2, -0.15) is 8.78 Å². The number of rotatable bonds is 7. The van der Waals surface area contributed by atoms with E-state index in [0.717, 1.165) is 0 Å². The highest BCUT2D eigenvalue weighted by atomic mass is 19.3. The summed E-state index contributed by atoms with van der Waals surface area (Å²) in [7, 11) is 0. The molecule has 1 aromatic carbocycles. The standard InChI is InChI=1S/C13H19F2NO2/c1-10(2)16(7-8-17)9-11-5-3-4-6-12(11)18-13(14)15/h3-6,10,13,17H,7-9H2,1-2H3. The molecule has 0 unspecified atom stereocenters. The molecule has 0 radical (unpaired) electrons. The molecule has 1 aromatic rings. The summed E-state index contributed by atoms with van der Waals surface area (Å²) in [6, 6.07) is 6.94. The number of ether oxygens (including phenoxy) is 1. The van der Waals surface area contributed by atoms with Gasteiger partial charge in [0.15, 0.2) is 0 Å². The third-order valence-electron chi connectivity index (χ3n) is 2.68. The lowest BCUT2D eigenvalue weighted by Gasteiger charge is -2.26. The van der Waals surface area contributed by atoms with Gasteiger partial charge in [0.1, 0.15) is 5.75 Å². The van der Waals surface area contributed by atoms with E-state index < -0.39 is 6.61 Å². The summed E-state index contributed by atoms with van der Waals surface area (Å²) in [6.07, 6.45) is 0. The van der Waals surface area contributed by atoms with Gasteiger partial charge in [0.25, 0.3) is 0 Å². The first-order chi connectivity index (χ1) is 8.54. The smallest absolute Gasteiger partial charge is 0.387 e. The average Bonchev–Trinajstić information content (AvgIpc) is 2.30. The highest BCUT2D eigenvalue weighted by Crippen LogP contribution is 2.22. The zero-order chi connectivity index (χ0) is 13.5. The van der Waals surface area contributed by atoms with Crippen molar-refractivity contribution >= 4 is 0 Å². The molecule has 0 atom stereocenters. The fourth-order valence-corrected chi connectivity index (χ4v) is 1.71. The largest absolute Gasteiger partial charge is 0.434 e. The molecule has 0 saturated heterocycles. The highest BCUT2D eigenvalue weighted by molar-refractivity contribution is 5.33. The summed E-state index contributed by atoms with van der Waals surface area (Å²) in [5.74, 6) is 0.191. The van der Waals surface area contributed by atoms with E-state index in [4.69, 9.17) is 5.11 Å². The van der Waals surface area contributed by atoms with Crippen LogP contribution in [0.2, 0.25) is 0 Å². The molecule has 0 bridgehead atoms. The van der Waals surface area contributed by atoms with Crippen LogP contribution >= 0.6 is 0 Å². The summed E-state index contributed by atoms with van der Waals surface area (Å²) in [4.78, 5) is 1.99. The topological polar surface area (TPSA) is 32.7 Å². The molecule has 1 rings (SSSR count). The number of aliphatic hydroxyl groups is 1. The maximum atomic E-state index is 12.3. The van der Waals surface area contributed by atoms with Gasteiger partial charge < -0.3 is 9.84 Å². The predicted octanol–water partition coefficient (Wildman–Crippen LogP) is 2.49. The number of benzene rings is 1. The van der Waals surface area contributed by atoms with Crippen LogP contribution in [-0.4, -0.2) is 35.8 Å². The van der Waals surface area contributed by atoms with Gasteiger partial charge in [-0.15, -0.1) is 0 Å². The van der Waals surface area contributed by atoms with Crippen LogP contribution in [0.5, 0.6) is 5.75 Å². The first-order valence-electron chi connectivity index (χ1n) is 5.92. The Labute approximate surface area is 106 Å². The van der Waals surface area contributed by atoms with Crippen LogP contribution in [0.3, 0.4) is 0 Å². The van der Waals surface area contributed by atoms with E-state index >= 15 is 0 Å². The van der Waals surface area contributed by atoms with E-state index in [9.17, 15) is 8.78 Å². The molecule has 0 aromatic heterocycles. The minimum Gasteiger partial charge on any atom is -0.434 e. The van der Waals surface area contributed by atoms with Gasteiger partial charge in [-0.1, -0.05) is 18.2 Å². The Morgan fingerprint density at radius 1 is 1.28 bits per heavy atom. The summed E-state index contributed by atoms with van der Waals surface area (Å²) in [6.45, 7) is 2.17. The van der Waals surface area contributed by atoms with Crippen molar-refractivity contribution in [3.05, 3.63) is 29.8 Å². The molecular weight excluding hydrogens is 240 g/mol. The van der Waals surface area contributed by atoms with Crippen LogP contribution in [0.4, 0.5) is 8.78 Å². The molecule has 0 saturated carbocycles. The van der Waals surface area contributed by atoms with Crippen molar-refractivity contribution in [3.63, 3.8) is 0 Å². The van der Waals surface area contributed by atoms with Crippen LogP contribution in [0.25, 0.3) is 0 Å². The molecule has 102 valence electrons. The molecule has 0 amide bonds. The summed E-state index contributed by atoms with van der Waals surface area (Å²) >= 11 is 0. The van der Waals surface area contributed by atoms with E-state index in [2.05, 4.69) is 4.74 Å². The minimum absolute atomic E-state index is 0.0377. The molecule has 5 heteroatoms. The highest BCUT2D eigenvalue weighted by Gasteiger charge is 2.14. The summed E-state index contributed by atoms with van der Waals surface area (Å²) in [5, 5.41) is 8.99. The molecule has 0 spiro atoms. The fourth-order valence-electron chi connectivity index (χ4n) is 1.71. The molecule has 1 N–H and O–H groups in total. The molecule has 0 fully saturated rings. The maximum absolute atomic E-state index is 12.3. The van der Waals surface area contributed by atoms with Gasteiger partial charge in [-0.05, 0) is 19.9 Å². The number of hydrogen-bond donors (Lipinski definition) is 1. The van der Waals surface area contributed by atoms with Gasteiger partial charge in [0.05, 0.1) is 6.61 Å². The monoisotopic (exact) mass is 259 g/mol. The zero-order valence-electron chi connectivity index (χ0n) is 10.6. The van der Waals surface area contributed by atoms with Crippen molar-refractivity contribution in [1.82, 2.24) is 4.90 Å². The summed E-state index contributed by atoms with van der Waals surface area (Å²) in [5.41, 5.74) is 0.694. The Morgan fingerprint density at radius 2 is 1.94 bits per heavy atom. The first-order valence-corrected chi connectivity index (χ1v) is 5.92. The lowest BCUT2D eigenvalue weighted by atomic mass is 10.1. The Bertz CT molecular complexity index is 359. The molecule has 0 heterocycles. The SMILES string of the molecule is CC(C)N(CCO)Cc1ccccc1OC(F)F. The van der Waals surface area contributed by atoms with Crippen LogP contribution in [0.1, 0.15) is 19.4 Å². The number of halogens is 2. The third kappa shape index (κ3) is 4.58. The number of hydrogen-bond acceptors (Lipinski definition) is 3. The Morgan fingerprint density at radius 3 is 2.50 bits per heavy atom. The molecule has 0 aliphatic carbocycles. The van der Waals surface area contributed by atoms with E-state index in [1.165, 1.54) is 6.07 Å². The normalized spacial score (nSPS) is 11.6. The summed E-state index contributed by atoms with van der Waals surface area (Å²) < 4.78 is 29.0. The van der Waals surface area contributed by atoms with Crippen molar-refractivity contribution in [2.24, 2.45) is 0 Å². The third-order valence-corrected chi connectivity index (χ3v) is 2.68. The second kappa shape index (κ2) is 7.28.